The molecule has 1 radical (unpaired) electrons. The molecule has 0 aliphatic heterocycles. The molecule has 0 spiro atoms. The highest BCUT2D eigenvalue weighted by molar-refractivity contribution is 5.99. The van der Waals surface area contributed by atoms with Gasteiger partial charge in [0.05, 0.1) is 0 Å². The van der Waals surface area contributed by atoms with Crippen LogP contribution < -0.4 is 4.43 Å². The molecule has 0 saturated heterocycles. The van der Waals surface area contributed by atoms with Gasteiger partial charge in [-0.05, 0) is 18.2 Å². The van der Waals surface area contributed by atoms with Gasteiger partial charge in [-0.1, -0.05) is 12.1 Å². The molecule has 0 aliphatic rings. The molecule has 1 aromatic carbocycles. The fourth-order valence-corrected chi connectivity index (χ4v) is 0.780. The summed E-state index contributed by atoms with van der Waals surface area (Å²) in [5.74, 6) is 0.940. The molecule has 1 rings (SSSR count). The van der Waals surface area contributed by atoms with Crippen LogP contribution in [0.2, 0.25) is 0 Å². The molecule has 0 amide bonds. The Morgan fingerprint density at radius 3 is 2.38 bits per heavy atom. The zero-order chi connectivity index (χ0) is 5.82. The van der Waals surface area contributed by atoms with Crippen molar-refractivity contribution in [3.8, 4) is 5.75 Å². The maximum Gasteiger partial charge on any atom is 0.204 e. The number of rotatable bonds is 1. The maximum absolute atomic E-state index is 5.03. The normalized spacial score (nSPS) is 9.00. The molecule has 0 atom stereocenters. The molecule has 0 heterocycles. The van der Waals surface area contributed by atoms with Crippen LogP contribution in [0.15, 0.2) is 24.3 Å². The zero-order valence-electron chi connectivity index (χ0n) is 4.72. The van der Waals surface area contributed by atoms with Gasteiger partial charge in [-0.3, -0.25) is 0 Å². The van der Waals surface area contributed by atoms with Crippen LogP contribution in [0.5, 0.6) is 5.75 Å². The van der Waals surface area contributed by atoms with Crippen molar-refractivity contribution in [2.24, 2.45) is 0 Å². The number of benzene rings is 1. The molecule has 8 heavy (non-hydrogen) atoms. The molecule has 0 N–H and O–H groups in total. The summed E-state index contributed by atoms with van der Waals surface area (Å²) in [6.45, 7) is 0. The van der Waals surface area contributed by atoms with Crippen molar-refractivity contribution in [3.05, 3.63) is 30.3 Å². The smallest absolute Gasteiger partial charge is 0.204 e. The topological polar surface area (TPSA) is 9.23 Å². The van der Waals surface area contributed by atoms with Crippen LogP contribution in [0.3, 0.4) is 0 Å². The highest BCUT2D eigenvalue weighted by atomic mass is 28.2. The second kappa shape index (κ2) is 2.52. The first-order valence-electron chi connectivity index (χ1n) is 2.43. The summed E-state index contributed by atoms with van der Waals surface area (Å²) in [7, 11) is 0.763. The van der Waals surface area contributed by atoms with Crippen LogP contribution in [-0.2, 0) is 0 Å². The Bertz CT molecular complexity index is 150. The van der Waals surface area contributed by atoms with E-state index in [0.29, 0.717) is 0 Å². The lowest BCUT2D eigenvalue weighted by atomic mass is 10.3. The molecule has 0 unspecified atom stereocenters. The van der Waals surface area contributed by atoms with Gasteiger partial charge in [0.1, 0.15) is 5.75 Å². The van der Waals surface area contributed by atoms with Gasteiger partial charge < -0.3 is 4.43 Å². The second-order valence-electron chi connectivity index (χ2n) is 1.44. The highest BCUT2D eigenvalue weighted by Gasteiger charge is 1.79. The zero-order valence-corrected chi connectivity index (χ0v) is 6.72. The van der Waals surface area contributed by atoms with E-state index in [0.717, 1.165) is 16.2 Å². The van der Waals surface area contributed by atoms with Crippen LogP contribution in [0.1, 0.15) is 0 Å². The number of hydrogen-bond acceptors (Lipinski definition) is 1. The molecule has 41 valence electrons. The van der Waals surface area contributed by atoms with E-state index in [2.05, 4.69) is 6.07 Å². The monoisotopic (exact) mass is 123 g/mol. The van der Waals surface area contributed by atoms with Gasteiger partial charge in [-0.25, -0.2) is 0 Å². The molecular formula is C6H7OSi. The summed E-state index contributed by atoms with van der Waals surface area (Å²) in [6, 6.07) is 10.4. The third kappa shape index (κ3) is 1.10. The van der Waals surface area contributed by atoms with E-state index in [-0.39, 0.29) is 0 Å². The molecule has 2 heteroatoms. The van der Waals surface area contributed by atoms with Crippen LogP contribution in [-0.4, -0.2) is 10.5 Å². The van der Waals surface area contributed by atoms with Crippen LogP contribution in [0, 0.1) is 6.07 Å². The van der Waals surface area contributed by atoms with E-state index in [4.69, 9.17) is 4.43 Å². The third-order valence-corrected chi connectivity index (χ3v) is 1.39. The SMILES string of the molecule is [SiH3]Oc1cc[c]cc1. The van der Waals surface area contributed by atoms with Gasteiger partial charge in [0.15, 0.2) is 0 Å². The first kappa shape index (κ1) is 5.38. The minimum atomic E-state index is 0.763. The Labute approximate surface area is 51.8 Å². The predicted molar refractivity (Wildman–Crippen MR) is 35.8 cm³/mol. The fraction of sp³-hybridized carbons (Fsp3) is 0. The van der Waals surface area contributed by atoms with Crippen molar-refractivity contribution >= 4 is 10.5 Å². The maximum atomic E-state index is 5.03. The minimum Gasteiger partial charge on any atom is -0.553 e. The summed E-state index contributed by atoms with van der Waals surface area (Å²) >= 11 is 0. The van der Waals surface area contributed by atoms with Gasteiger partial charge in [-0.15, -0.1) is 0 Å². The molecule has 0 fully saturated rings. The summed E-state index contributed by atoms with van der Waals surface area (Å²) in [6.07, 6.45) is 0. The molecule has 0 saturated carbocycles. The predicted octanol–water partition coefficient (Wildman–Crippen LogP) is 0.146. The lowest BCUT2D eigenvalue weighted by Gasteiger charge is -1.95. The fourth-order valence-electron chi connectivity index (χ4n) is 0.508. The first-order chi connectivity index (χ1) is 3.93. The molecular weight excluding hydrogens is 116 g/mol. The van der Waals surface area contributed by atoms with E-state index >= 15 is 0 Å². The summed E-state index contributed by atoms with van der Waals surface area (Å²) in [5.41, 5.74) is 0. The Morgan fingerprint density at radius 1 is 1.38 bits per heavy atom. The summed E-state index contributed by atoms with van der Waals surface area (Å²) < 4.78 is 5.03. The standard InChI is InChI=1S/C6H7OSi/c8-7-6-4-2-1-3-5-6/h2-5H,8H3. The number of hydrogen-bond donors (Lipinski definition) is 0. The molecule has 1 aromatic rings. The largest absolute Gasteiger partial charge is 0.553 e. The van der Waals surface area contributed by atoms with Crippen molar-refractivity contribution in [1.29, 1.82) is 0 Å². The summed E-state index contributed by atoms with van der Waals surface area (Å²) in [5, 5.41) is 0. The second-order valence-corrected chi connectivity index (χ2v) is 1.85. The Hall–Kier alpha value is -0.763. The Kier molecular flexibility index (Phi) is 1.69. The van der Waals surface area contributed by atoms with Gasteiger partial charge in [-0.2, -0.15) is 0 Å². The van der Waals surface area contributed by atoms with Crippen molar-refractivity contribution in [3.63, 3.8) is 0 Å². The van der Waals surface area contributed by atoms with E-state index in [1.54, 1.807) is 0 Å². The average molecular weight is 123 g/mol. The molecule has 0 bridgehead atoms. The van der Waals surface area contributed by atoms with E-state index < -0.39 is 0 Å². The van der Waals surface area contributed by atoms with Gasteiger partial charge in [0.2, 0.25) is 10.5 Å². The van der Waals surface area contributed by atoms with Gasteiger partial charge in [0.25, 0.3) is 0 Å². The van der Waals surface area contributed by atoms with Crippen LogP contribution in [0.4, 0.5) is 0 Å². The van der Waals surface area contributed by atoms with Crippen molar-refractivity contribution in [1.82, 2.24) is 0 Å². The van der Waals surface area contributed by atoms with Crippen LogP contribution in [0.25, 0.3) is 0 Å². The van der Waals surface area contributed by atoms with Gasteiger partial charge in [0, 0.05) is 0 Å². The lowest BCUT2D eigenvalue weighted by Crippen LogP contribution is -1.81. The average Bonchev–Trinajstić information content (AvgIpc) is 1.90. The van der Waals surface area contributed by atoms with Crippen molar-refractivity contribution < 1.29 is 4.43 Å². The van der Waals surface area contributed by atoms with Crippen molar-refractivity contribution in [2.45, 2.75) is 0 Å². The molecule has 1 nitrogen and oxygen atoms in total. The minimum absolute atomic E-state index is 0.763. The van der Waals surface area contributed by atoms with Gasteiger partial charge >= 0.3 is 0 Å². The highest BCUT2D eigenvalue weighted by Crippen LogP contribution is 2.04. The van der Waals surface area contributed by atoms with Crippen molar-refractivity contribution in [2.75, 3.05) is 0 Å². The van der Waals surface area contributed by atoms with E-state index in [9.17, 15) is 0 Å². The van der Waals surface area contributed by atoms with Crippen LogP contribution >= 0.6 is 0 Å². The first-order valence-corrected chi connectivity index (χ1v) is 3.25. The quantitative estimate of drug-likeness (QED) is 0.483. The van der Waals surface area contributed by atoms with E-state index in [1.165, 1.54) is 0 Å². The molecule has 0 aromatic heterocycles. The summed E-state index contributed by atoms with van der Waals surface area (Å²) in [4.78, 5) is 0. The molecule has 0 aliphatic carbocycles. The lowest BCUT2D eigenvalue weighted by molar-refractivity contribution is 0.616. The Balaban J connectivity index is 2.83. The van der Waals surface area contributed by atoms with E-state index in [1.807, 2.05) is 24.3 Å². The third-order valence-electron chi connectivity index (χ3n) is 0.923. The Morgan fingerprint density at radius 2 is 2.00 bits per heavy atom.